The number of rotatable bonds is 4. The van der Waals surface area contributed by atoms with Crippen molar-refractivity contribution in [2.24, 2.45) is 5.92 Å². The van der Waals surface area contributed by atoms with Gasteiger partial charge >= 0.3 is 0 Å². The Hall–Kier alpha value is -2.25. The summed E-state index contributed by atoms with van der Waals surface area (Å²) in [5.74, 6) is 3.49. The highest BCUT2D eigenvalue weighted by Crippen LogP contribution is 2.17. The minimum atomic E-state index is 0.0341. The molecule has 2 atom stereocenters. The van der Waals surface area contributed by atoms with Crippen molar-refractivity contribution in [3.63, 3.8) is 0 Å². The van der Waals surface area contributed by atoms with Crippen molar-refractivity contribution in [3.8, 4) is 18.1 Å². The largest absolute Gasteiger partial charge is 0.481 e. The molecule has 0 bridgehead atoms. The smallest absolute Gasteiger partial charge is 0.234 e. The Bertz CT molecular complexity index is 546. The molecule has 1 saturated heterocycles. The maximum atomic E-state index is 11.2. The quantitative estimate of drug-likeness (QED) is 0.819. The summed E-state index contributed by atoms with van der Waals surface area (Å²) in [6, 6.07) is 7.84. The number of carbonyl (C=O) groups excluding carboxylic acids is 1. The fraction of sp³-hybridized carbons (Fsp3) is 0.312. The van der Waals surface area contributed by atoms with Gasteiger partial charge in [-0.3, -0.25) is 10.2 Å². The lowest BCUT2D eigenvalue weighted by atomic mass is 9.96. The lowest BCUT2D eigenvalue weighted by Crippen LogP contribution is -2.52. The molecule has 2 rings (SSSR count). The number of benzene rings is 1. The predicted molar refractivity (Wildman–Crippen MR) is 78.7 cm³/mol. The van der Waals surface area contributed by atoms with Crippen LogP contribution in [0.4, 0.5) is 0 Å². The molecule has 1 aliphatic rings. The summed E-state index contributed by atoms with van der Waals surface area (Å²) in [6.07, 6.45) is 9.75. The van der Waals surface area contributed by atoms with Crippen molar-refractivity contribution in [1.29, 1.82) is 0 Å². The molecule has 1 aromatic rings. The number of ether oxygens (including phenoxy) is 1. The van der Waals surface area contributed by atoms with E-state index in [1.807, 2.05) is 43.3 Å². The molecular formula is C16H18N2O2. The molecule has 1 heterocycles. The third kappa shape index (κ3) is 3.87. The summed E-state index contributed by atoms with van der Waals surface area (Å²) in [5.41, 5.74) is 6.68. The number of amides is 1. The van der Waals surface area contributed by atoms with Crippen molar-refractivity contribution in [2.75, 3.05) is 6.61 Å². The monoisotopic (exact) mass is 270 g/mol. The van der Waals surface area contributed by atoms with Gasteiger partial charge in [-0.25, -0.2) is 5.43 Å². The van der Waals surface area contributed by atoms with E-state index in [0.29, 0.717) is 6.42 Å². The highest BCUT2D eigenvalue weighted by atomic mass is 16.5. The minimum absolute atomic E-state index is 0.0341. The van der Waals surface area contributed by atoms with Gasteiger partial charge < -0.3 is 4.74 Å². The van der Waals surface area contributed by atoms with Crippen LogP contribution in [0.5, 0.6) is 5.75 Å². The van der Waals surface area contributed by atoms with Crippen LogP contribution in [0.1, 0.15) is 18.9 Å². The standard InChI is InChI=1S/C16H18N2O2/c1-3-9-20-14-6-4-5-13(11-14)7-8-15-12(2)10-16(19)18-17-15/h1,4-8,11-12,15,17H,9-10H2,2H3,(H,18,19)/b8-7+. The summed E-state index contributed by atoms with van der Waals surface area (Å²) < 4.78 is 5.38. The average Bonchev–Trinajstić information content (AvgIpc) is 2.45. The van der Waals surface area contributed by atoms with E-state index < -0.39 is 0 Å². The van der Waals surface area contributed by atoms with Crippen molar-refractivity contribution >= 4 is 12.0 Å². The van der Waals surface area contributed by atoms with E-state index in [0.717, 1.165) is 11.3 Å². The van der Waals surface area contributed by atoms with Crippen molar-refractivity contribution in [1.82, 2.24) is 10.9 Å². The molecule has 0 aromatic heterocycles. The van der Waals surface area contributed by atoms with Gasteiger partial charge in [0.05, 0.1) is 0 Å². The van der Waals surface area contributed by atoms with E-state index in [4.69, 9.17) is 11.2 Å². The van der Waals surface area contributed by atoms with E-state index in [-0.39, 0.29) is 24.5 Å². The summed E-state index contributed by atoms with van der Waals surface area (Å²) in [4.78, 5) is 11.2. The maximum Gasteiger partial charge on any atom is 0.234 e. The van der Waals surface area contributed by atoms with Crippen LogP contribution in [0.3, 0.4) is 0 Å². The van der Waals surface area contributed by atoms with Gasteiger partial charge in [-0.1, -0.05) is 37.1 Å². The lowest BCUT2D eigenvalue weighted by Gasteiger charge is -2.27. The van der Waals surface area contributed by atoms with Gasteiger partial charge in [0, 0.05) is 12.5 Å². The molecule has 104 valence electrons. The first-order valence-corrected chi connectivity index (χ1v) is 6.58. The van der Waals surface area contributed by atoms with Gasteiger partial charge in [0.2, 0.25) is 5.91 Å². The van der Waals surface area contributed by atoms with E-state index in [1.54, 1.807) is 0 Å². The first-order chi connectivity index (χ1) is 9.69. The zero-order chi connectivity index (χ0) is 14.4. The Morgan fingerprint density at radius 1 is 1.55 bits per heavy atom. The summed E-state index contributed by atoms with van der Waals surface area (Å²) >= 11 is 0. The minimum Gasteiger partial charge on any atom is -0.481 e. The van der Waals surface area contributed by atoms with Crippen LogP contribution in [0.25, 0.3) is 6.08 Å². The molecule has 1 amide bonds. The molecule has 0 spiro atoms. The number of nitrogens with one attached hydrogen (secondary N) is 2. The zero-order valence-electron chi connectivity index (χ0n) is 11.4. The van der Waals surface area contributed by atoms with Crippen molar-refractivity contribution in [2.45, 2.75) is 19.4 Å². The highest BCUT2D eigenvalue weighted by Gasteiger charge is 2.22. The number of carbonyl (C=O) groups is 1. The molecule has 0 aliphatic carbocycles. The normalized spacial score (nSPS) is 22.3. The Balaban J connectivity index is 2.00. The molecule has 4 heteroatoms. The number of hydrazine groups is 1. The van der Waals surface area contributed by atoms with Crippen LogP contribution in [-0.4, -0.2) is 18.6 Å². The number of terminal acetylenes is 1. The Labute approximate surface area is 119 Å². The van der Waals surface area contributed by atoms with Gasteiger partial charge in [0.15, 0.2) is 0 Å². The lowest BCUT2D eigenvalue weighted by molar-refractivity contribution is -0.125. The SMILES string of the molecule is C#CCOc1cccc(/C=C/C2NNC(=O)CC2C)c1. The fourth-order valence-electron chi connectivity index (χ4n) is 2.06. The Kier molecular flexibility index (Phi) is 4.80. The maximum absolute atomic E-state index is 11.2. The van der Waals surface area contributed by atoms with Gasteiger partial charge in [0.1, 0.15) is 12.4 Å². The van der Waals surface area contributed by atoms with Gasteiger partial charge in [0.25, 0.3) is 0 Å². The molecule has 1 aliphatic heterocycles. The molecule has 0 saturated carbocycles. The van der Waals surface area contributed by atoms with Crippen LogP contribution in [-0.2, 0) is 4.79 Å². The predicted octanol–water partition coefficient (Wildman–Crippen LogP) is 1.74. The highest BCUT2D eigenvalue weighted by molar-refractivity contribution is 5.76. The Morgan fingerprint density at radius 2 is 2.40 bits per heavy atom. The van der Waals surface area contributed by atoms with Gasteiger partial charge in [-0.15, -0.1) is 6.42 Å². The summed E-state index contributed by atoms with van der Waals surface area (Å²) in [5, 5.41) is 0. The summed E-state index contributed by atoms with van der Waals surface area (Å²) in [6.45, 7) is 2.31. The first kappa shape index (κ1) is 14.2. The average molecular weight is 270 g/mol. The van der Waals surface area contributed by atoms with Crippen LogP contribution in [0.2, 0.25) is 0 Å². The molecule has 4 nitrogen and oxygen atoms in total. The molecule has 0 radical (unpaired) electrons. The van der Waals surface area contributed by atoms with Crippen LogP contribution in [0, 0.1) is 18.3 Å². The third-order valence-corrected chi connectivity index (χ3v) is 3.17. The van der Waals surface area contributed by atoms with Crippen LogP contribution < -0.4 is 15.6 Å². The fourth-order valence-corrected chi connectivity index (χ4v) is 2.06. The van der Waals surface area contributed by atoms with Crippen LogP contribution >= 0.6 is 0 Å². The van der Waals surface area contributed by atoms with Gasteiger partial charge in [-0.05, 0) is 23.6 Å². The second-order valence-electron chi connectivity index (χ2n) is 4.82. The van der Waals surface area contributed by atoms with E-state index in [2.05, 4.69) is 16.8 Å². The third-order valence-electron chi connectivity index (χ3n) is 3.17. The molecule has 20 heavy (non-hydrogen) atoms. The Morgan fingerprint density at radius 3 is 3.15 bits per heavy atom. The number of hydrogen-bond acceptors (Lipinski definition) is 3. The first-order valence-electron chi connectivity index (χ1n) is 6.58. The van der Waals surface area contributed by atoms with E-state index in [9.17, 15) is 4.79 Å². The molecular weight excluding hydrogens is 252 g/mol. The topological polar surface area (TPSA) is 50.4 Å². The van der Waals surface area contributed by atoms with Crippen LogP contribution in [0.15, 0.2) is 30.3 Å². The van der Waals surface area contributed by atoms with Crippen molar-refractivity contribution in [3.05, 3.63) is 35.9 Å². The molecule has 2 N–H and O–H groups in total. The van der Waals surface area contributed by atoms with Gasteiger partial charge in [-0.2, -0.15) is 0 Å². The van der Waals surface area contributed by atoms with Crippen molar-refractivity contribution < 1.29 is 9.53 Å². The second-order valence-corrected chi connectivity index (χ2v) is 4.82. The molecule has 1 fully saturated rings. The molecule has 1 aromatic carbocycles. The zero-order valence-corrected chi connectivity index (χ0v) is 11.4. The van der Waals surface area contributed by atoms with E-state index >= 15 is 0 Å². The number of hydrogen-bond donors (Lipinski definition) is 2. The van der Waals surface area contributed by atoms with E-state index in [1.165, 1.54) is 0 Å². The molecule has 2 unspecified atom stereocenters. The summed E-state index contributed by atoms with van der Waals surface area (Å²) in [7, 11) is 0. The second kappa shape index (κ2) is 6.78.